The van der Waals surface area contributed by atoms with Crippen molar-refractivity contribution in [2.24, 2.45) is 4.99 Å². The minimum atomic E-state index is 0. The molecule has 5 nitrogen and oxygen atoms in total. The summed E-state index contributed by atoms with van der Waals surface area (Å²) in [5.41, 5.74) is 2.45. The Morgan fingerprint density at radius 3 is 2.95 bits per heavy atom. The summed E-state index contributed by atoms with van der Waals surface area (Å²) in [6, 6.07) is 1.84. The highest BCUT2D eigenvalue weighted by atomic mass is 127. The smallest absolute Gasteiger partial charge is 0.191 e. The minimum Gasteiger partial charge on any atom is -0.364 e. The van der Waals surface area contributed by atoms with Gasteiger partial charge in [-0.15, -0.1) is 24.0 Å². The van der Waals surface area contributed by atoms with E-state index in [2.05, 4.69) is 26.9 Å². The van der Waals surface area contributed by atoms with Crippen molar-refractivity contribution in [3.8, 4) is 0 Å². The zero-order valence-corrected chi connectivity index (χ0v) is 14.2. The standard InChI is InChI=1S/C14H22N4O.HI/c1-15-14(17-11-13-8-10-19-18-13)16-9-7-12-5-3-2-4-6-12;/h5,8,10H,2-4,6-7,9,11H2,1H3,(H2,15,16,17);1H. The average Bonchev–Trinajstić information content (AvgIpc) is 2.97. The van der Waals surface area contributed by atoms with Gasteiger partial charge in [-0.3, -0.25) is 4.99 Å². The predicted molar refractivity (Wildman–Crippen MR) is 91.3 cm³/mol. The maximum absolute atomic E-state index is 4.78. The Balaban J connectivity index is 0.00000200. The van der Waals surface area contributed by atoms with Crippen LogP contribution in [0.4, 0.5) is 0 Å². The van der Waals surface area contributed by atoms with Gasteiger partial charge in [-0.2, -0.15) is 0 Å². The van der Waals surface area contributed by atoms with Gasteiger partial charge in [-0.25, -0.2) is 0 Å². The summed E-state index contributed by atoms with van der Waals surface area (Å²) in [6.45, 7) is 1.54. The highest BCUT2D eigenvalue weighted by Crippen LogP contribution is 2.19. The summed E-state index contributed by atoms with van der Waals surface area (Å²) in [5.74, 6) is 0.805. The van der Waals surface area contributed by atoms with Gasteiger partial charge >= 0.3 is 0 Å². The van der Waals surface area contributed by atoms with Gasteiger partial charge in [-0.1, -0.05) is 16.8 Å². The normalized spacial score (nSPS) is 15.2. The van der Waals surface area contributed by atoms with Gasteiger partial charge in [-0.05, 0) is 32.1 Å². The van der Waals surface area contributed by atoms with Crippen molar-refractivity contribution in [1.29, 1.82) is 0 Å². The Morgan fingerprint density at radius 2 is 2.30 bits per heavy atom. The summed E-state index contributed by atoms with van der Waals surface area (Å²) in [4.78, 5) is 4.19. The number of allylic oxidation sites excluding steroid dienone is 1. The van der Waals surface area contributed by atoms with E-state index in [4.69, 9.17) is 4.52 Å². The van der Waals surface area contributed by atoms with E-state index in [1.165, 1.54) is 25.7 Å². The number of nitrogens with one attached hydrogen (secondary N) is 2. The summed E-state index contributed by atoms with van der Waals surface area (Å²) >= 11 is 0. The van der Waals surface area contributed by atoms with Gasteiger partial charge in [0.25, 0.3) is 0 Å². The number of rotatable bonds is 5. The van der Waals surface area contributed by atoms with Gasteiger partial charge in [0.05, 0.1) is 6.54 Å². The maximum atomic E-state index is 4.78. The Kier molecular flexibility index (Phi) is 8.32. The summed E-state index contributed by atoms with van der Waals surface area (Å²) < 4.78 is 4.78. The Hall–Kier alpha value is -1.05. The van der Waals surface area contributed by atoms with Crippen LogP contribution in [0.25, 0.3) is 0 Å². The number of aliphatic imine (C=N–C) groups is 1. The molecule has 0 spiro atoms. The summed E-state index contributed by atoms with van der Waals surface area (Å²) in [6.07, 6.45) is 10.2. The van der Waals surface area contributed by atoms with Crippen molar-refractivity contribution in [3.63, 3.8) is 0 Å². The van der Waals surface area contributed by atoms with Gasteiger partial charge in [0.2, 0.25) is 0 Å². The third-order valence-corrected chi connectivity index (χ3v) is 3.28. The molecule has 0 saturated heterocycles. The van der Waals surface area contributed by atoms with E-state index in [9.17, 15) is 0 Å². The van der Waals surface area contributed by atoms with Crippen molar-refractivity contribution in [3.05, 3.63) is 29.7 Å². The molecule has 0 unspecified atom stereocenters. The molecule has 0 fully saturated rings. The molecule has 2 N–H and O–H groups in total. The number of aromatic nitrogens is 1. The van der Waals surface area contributed by atoms with E-state index < -0.39 is 0 Å². The zero-order chi connectivity index (χ0) is 13.3. The second kappa shape index (κ2) is 9.79. The van der Waals surface area contributed by atoms with Gasteiger partial charge < -0.3 is 15.2 Å². The van der Waals surface area contributed by atoms with E-state index in [-0.39, 0.29) is 24.0 Å². The lowest BCUT2D eigenvalue weighted by Gasteiger charge is -2.14. The maximum Gasteiger partial charge on any atom is 0.191 e. The number of hydrogen-bond donors (Lipinski definition) is 2. The van der Waals surface area contributed by atoms with Gasteiger partial charge in [0, 0.05) is 19.7 Å². The van der Waals surface area contributed by atoms with Crippen molar-refractivity contribution in [2.45, 2.75) is 38.6 Å². The van der Waals surface area contributed by atoms with Crippen LogP contribution in [0.3, 0.4) is 0 Å². The van der Waals surface area contributed by atoms with Crippen LogP contribution in [0.15, 0.2) is 33.5 Å². The van der Waals surface area contributed by atoms with Crippen molar-refractivity contribution < 1.29 is 4.52 Å². The van der Waals surface area contributed by atoms with E-state index in [1.54, 1.807) is 18.9 Å². The monoisotopic (exact) mass is 390 g/mol. The van der Waals surface area contributed by atoms with Crippen LogP contribution in [0.1, 0.15) is 37.8 Å². The lowest BCUT2D eigenvalue weighted by Crippen LogP contribution is -2.37. The quantitative estimate of drug-likeness (QED) is 0.351. The largest absolute Gasteiger partial charge is 0.364 e. The highest BCUT2D eigenvalue weighted by molar-refractivity contribution is 14.0. The molecule has 0 aromatic carbocycles. The molecule has 0 bridgehead atoms. The van der Waals surface area contributed by atoms with Crippen molar-refractivity contribution in [2.75, 3.05) is 13.6 Å². The molecule has 112 valence electrons. The molecule has 0 amide bonds. The Labute approximate surface area is 137 Å². The van der Waals surface area contributed by atoms with Crippen LogP contribution in [0, 0.1) is 0 Å². The predicted octanol–water partition coefficient (Wildman–Crippen LogP) is 2.85. The molecule has 20 heavy (non-hydrogen) atoms. The summed E-state index contributed by atoms with van der Waals surface area (Å²) in [7, 11) is 1.78. The number of guanidine groups is 1. The van der Waals surface area contributed by atoms with E-state index in [1.807, 2.05) is 6.07 Å². The third-order valence-electron chi connectivity index (χ3n) is 3.28. The molecule has 0 aliphatic heterocycles. The molecular weight excluding hydrogens is 367 g/mol. The number of hydrogen-bond acceptors (Lipinski definition) is 3. The molecule has 6 heteroatoms. The molecule has 1 aromatic heterocycles. The van der Waals surface area contributed by atoms with Crippen LogP contribution in [-0.4, -0.2) is 24.7 Å². The van der Waals surface area contributed by atoms with Crippen molar-refractivity contribution >= 4 is 29.9 Å². The molecular formula is C14H23IN4O. The van der Waals surface area contributed by atoms with Crippen LogP contribution in [0.2, 0.25) is 0 Å². The fourth-order valence-corrected chi connectivity index (χ4v) is 2.20. The molecule has 2 rings (SSSR count). The first kappa shape index (κ1) is 17.0. The third kappa shape index (κ3) is 5.94. The van der Waals surface area contributed by atoms with Crippen LogP contribution in [-0.2, 0) is 6.54 Å². The SMILES string of the molecule is CN=C(NCCC1=CCCCC1)NCc1ccon1.I. The molecule has 1 aromatic rings. The molecule has 0 atom stereocenters. The van der Waals surface area contributed by atoms with Gasteiger partial charge in [0.15, 0.2) is 5.96 Å². The van der Waals surface area contributed by atoms with E-state index in [0.29, 0.717) is 6.54 Å². The Bertz CT molecular complexity index is 428. The molecule has 0 saturated carbocycles. The number of nitrogens with zero attached hydrogens (tertiary/aromatic N) is 2. The first-order chi connectivity index (χ1) is 9.38. The summed E-state index contributed by atoms with van der Waals surface area (Å²) in [5, 5.41) is 10.4. The second-order valence-corrected chi connectivity index (χ2v) is 4.70. The molecule has 1 aliphatic carbocycles. The fraction of sp³-hybridized carbons (Fsp3) is 0.571. The first-order valence-electron chi connectivity index (χ1n) is 6.90. The fourth-order valence-electron chi connectivity index (χ4n) is 2.20. The zero-order valence-electron chi connectivity index (χ0n) is 11.9. The average molecular weight is 390 g/mol. The van der Waals surface area contributed by atoms with Gasteiger partial charge in [0.1, 0.15) is 12.0 Å². The molecule has 1 heterocycles. The molecule has 0 radical (unpaired) electrons. The van der Waals surface area contributed by atoms with Crippen molar-refractivity contribution in [1.82, 2.24) is 15.8 Å². The lowest BCUT2D eigenvalue weighted by atomic mass is 9.97. The number of halogens is 1. The topological polar surface area (TPSA) is 62.5 Å². The van der Waals surface area contributed by atoms with Crippen LogP contribution >= 0.6 is 24.0 Å². The highest BCUT2D eigenvalue weighted by Gasteiger charge is 2.04. The molecule has 1 aliphatic rings. The van der Waals surface area contributed by atoms with E-state index in [0.717, 1.165) is 24.6 Å². The van der Waals surface area contributed by atoms with Crippen LogP contribution in [0.5, 0.6) is 0 Å². The first-order valence-corrected chi connectivity index (χ1v) is 6.90. The minimum absolute atomic E-state index is 0. The lowest BCUT2D eigenvalue weighted by molar-refractivity contribution is 0.410. The second-order valence-electron chi connectivity index (χ2n) is 4.70. The Morgan fingerprint density at radius 1 is 1.40 bits per heavy atom. The van der Waals surface area contributed by atoms with E-state index >= 15 is 0 Å². The van der Waals surface area contributed by atoms with Crippen LogP contribution < -0.4 is 10.6 Å².